The standard InChI is InChI=1S/C15H14Cl2FNO/c1-2-20-15-6-4-11(8-14(15)18)19-9-10-3-5-12(16)13(17)7-10/h3-8,19H,2,9H2,1H3. The molecule has 0 amide bonds. The minimum atomic E-state index is -0.383. The lowest BCUT2D eigenvalue weighted by Crippen LogP contribution is -2.01. The van der Waals surface area contributed by atoms with Crippen molar-refractivity contribution in [1.29, 1.82) is 0 Å². The highest BCUT2D eigenvalue weighted by atomic mass is 35.5. The van der Waals surface area contributed by atoms with Gasteiger partial charge < -0.3 is 10.1 Å². The number of anilines is 1. The van der Waals surface area contributed by atoms with Gasteiger partial charge in [0, 0.05) is 18.3 Å². The highest BCUT2D eigenvalue weighted by Crippen LogP contribution is 2.24. The van der Waals surface area contributed by atoms with Crippen molar-refractivity contribution in [2.24, 2.45) is 0 Å². The van der Waals surface area contributed by atoms with E-state index in [0.717, 1.165) is 5.56 Å². The van der Waals surface area contributed by atoms with Crippen molar-refractivity contribution in [2.75, 3.05) is 11.9 Å². The number of hydrogen-bond acceptors (Lipinski definition) is 2. The fourth-order valence-corrected chi connectivity index (χ4v) is 2.06. The van der Waals surface area contributed by atoms with Crippen molar-refractivity contribution < 1.29 is 9.13 Å². The van der Waals surface area contributed by atoms with Gasteiger partial charge in [0.15, 0.2) is 11.6 Å². The van der Waals surface area contributed by atoms with Crippen LogP contribution in [0.15, 0.2) is 36.4 Å². The zero-order valence-electron chi connectivity index (χ0n) is 10.9. The molecule has 2 aromatic rings. The molecular weight excluding hydrogens is 300 g/mol. The van der Waals surface area contributed by atoms with E-state index in [2.05, 4.69) is 5.32 Å². The van der Waals surface area contributed by atoms with Gasteiger partial charge in [-0.1, -0.05) is 29.3 Å². The number of halogens is 3. The number of ether oxygens (including phenoxy) is 1. The lowest BCUT2D eigenvalue weighted by molar-refractivity contribution is 0.321. The molecular formula is C15H14Cl2FNO. The summed E-state index contributed by atoms with van der Waals surface area (Å²) in [6.45, 7) is 2.78. The summed E-state index contributed by atoms with van der Waals surface area (Å²) < 4.78 is 18.8. The molecule has 0 saturated heterocycles. The van der Waals surface area contributed by atoms with E-state index >= 15 is 0 Å². The van der Waals surface area contributed by atoms with Gasteiger partial charge in [0.25, 0.3) is 0 Å². The van der Waals surface area contributed by atoms with Crippen LogP contribution in [0.2, 0.25) is 10.0 Å². The molecule has 0 unspecified atom stereocenters. The summed E-state index contributed by atoms with van der Waals surface area (Å²) in [6, 6.07) is 10.2. The lowest BCUT2D eigenvalue weighted by atomic mass is 10.2. The third kappa shape index (κ3) is 3.78. The molecule has 1 N–H and O–H groups in total. The number of benzene rings is 2. The minimum Gasteiger partial charge on any atom is -0.491 e. The van der Waals surface area contributed by atoms with Gasteiger partial charge >= 0.3 is 0 Å². The summed E-state index contributed by atoms with van der Waals surface area (Å²) in [4.78, 5) is 0. The molecule has 0 aliphatic rings. The molecule has 0 atom stereocenters. The predicted octanol–water partition coefficient (Wildman–Crippen LogP) is 5.14. The summed E-state index contributed by atoms with van der Waals surface area (Å²) in [7, 11) is 0. The highest BCUT2D eigenvalue weighted by molar-refractivity contribution is 6.42. The van der Waals surface area contributed by atoms with Crippen molar-refractivity contribution in [2.45, 2.75) is 13.5 Å². The molecule has 0 heterocycles. The van der Waals surface area contributed by atoms with Crippen LogP contribution < -0.4 is 10.1 Å². The molecule has 2 nitrogen and oxygen atoms in total. The predicted molar refractivity (Wildman–Crippen MR) is 81.4 cm³/mol. The lowest BCUT2D eigenvalue weighted by Gasteiger charge is -2.10. The summed E-state index contributed by atoms with van der Waals surface area (Å²) in [5.41, 5.74) is 1.64. The second kappa shape index (κ2) is 6.82. The Kier molecular flexibility index (Phi) is 5.10. The first-order chi connectivity index (χ1) is 9.60. The van der Waals surface area contributed by atoms with Crippen molar-refractivity contribution in [3.63, 3.8) is 0 Å². The molecule has 0 fully saturated rings. The highest BCUT2D eigenvalue weighted by Gasteiger charge is 2.04. The molecule has 0 radical (unpaired) electrons. The first kappa shape index (κ1) is 14.9. The van der Waals surface area contributed by atoms with Crippen LogP contribution in [0.25, 0.3) is 0 Å². The smallest absolute Gasteiger partial charge is 0.167 e. The number of hydrogen-bond donors (Lipinski definition) is 1. The maximum absolute atomic E-state index is 13.7. The van der Waals surface area contributed by atoms with Crippen molar-refractivity contribution in [3.05, 3.63) is 57.8 Å². The first-order valence-electron chi connectivity index (χ1n) is 6.20. The molecule has 0 spiro atoms. The maximum Gasteiger partial charge on any atom is 0.167 e. The van der Waals surface area contributed by atoms with Crippen molar-refractivity contribution in [1.82, 2.24) is 0 Å². The van der Waals surface area contributed by atoms with E-state index in [4.69, 9.17) is 27.9 Å². The van der Waals surface area contributed by atoms with Gasteiger partial charge in [-0.25, -0.2) is 4.39 Å². The van der Waals surface area contributed by atoms with E-state index in [1.165, 1.54) is 6.07 Å². The quantitative estimate of drug-likeness (QED) is 0.824. The van der Waals surface area contributed by atoms with Gasteiger partial charge in [0.2, 0.25) is 0 Å². The van der Waals surface area contributed by atoms with E-state index in [1.54, 1.807) is 24.3 Å². The number of nitrogens with one attached hydrogen (secondary N) is 1. The van der Waals surface area contributed by atoms with Gasteiger partial charge in [-0.15, -0.1) is 0 Å². The molecule has 2 rings (SSSR count). The van der Waals surface area contributed by atoms with Crippen LogP contribution in [0.5, 0.6) is 5.75 Å². The summed E-state index contributed by atoms with van der Waals surface area (Å²) in [6.07, 6.45) is 0. The monoisotopic (exact) mass is 313 g/mol. The fourth-order valence-electron chi connectivity index (χ4n) is 1.74. The molecule has 0 aromatic heterocycles. The van der Waals surface area contributed by atoms with Crippen LogP contribution in [0.4, 0.5) is 10.1 Å². The summed E-state index contributed by atoms with van der Waals surface area (Å²) >= 11 is 11.8. The largest absolute Gasteiger partial charge is 0.491 e. The summed E-state index contributed by atoms with van der Waals surface area (Å²) in [5.74, 6) is -0.126. The Morgan fingerprint density at radius 3 is 2.55 bits per heavy atom. The zero-order chi connectivity index (χ0) is 14.5. The van der Waals surface area contributed by atoms with Gasteiger partial charge in [-0.05, 0) is 36.8 Å². The van der Waals surface area contributed by atoms with Crippen LogP contribution >= 0.6 is 23.2 Å². The number of rotatable bonds is 5. The van der Waals surface area contributed by atoms with Crippen molar-refractivity contribution in [3.8, 4) is 5.75 Å². The zero-order valence-corrected chi connectivity index (χ0v) is 12.4. The second-order valence-electron chi connectivity index (χ2n) is 4.18. The Labute approximate surface area is 127 Å². The van der Waals surface area contributed by atoms with E-state index in [9.17, 15) is 4.39 Å². The van der Waals surface area contributed by atoms with Gasteiger partial charge in [-0.2, -0.15) is 0 Å². The second-order valence-corrected chi connectivity index (χ2v) is 4.99. The topological polar surface area (TPSA) is 21.3 Å². The molecule has 0 bridgehead atoms. The van der Waals surface area contributed by atoms with E-state index in [0.29, 0.717) is 28.9 Å². The molecule has 0 saturated carbocycles. The molecule has 106 valence electrons. The van der Waals surface area contributed by atoms with Crippen molar-refractivity contribution >= 4 is 28.9 Å². The average molecular weight is 314 g/mol. The average Bonchev–Trinajstić information content (AvgIpc) is 2.43. The van der Waals surface area contributed by atoms with Gasteiger partial charge in [0.05, 0.1) is 16.7 Å². The molecule has 20 heavy (non-hydrogen) atoms. The maximum atomic E-state index is 13.7. The van der Waals surface area contributed by atoms with Crippen LogP contribution in [-0.4, -0.2) is 6.61 Å². The van der Waals surface area contributed by atoms with Crippen LogP contribution in [-0.2, 0) is 6.54 Å². The molecule has 5 heteroatoms. The Hall–Kier alpha value is -1.45. The van der Waals surface area contributed by atoms with Crippen LogP contribution in [0, 0.1) is 5.82 Å². The third-order valence-electron chi connectivity index (χ3n) is 2.71. The van der Waals surface area contributed by atoms with Gasteiger partial charge in [-0.3, -0.25) is 0 Å². The summed E-state index contributed by atoms with van der Waals surface area (Å²) in [5, 5.41) is 4.14. The fraction of sp³-hybridized carbons (Fsp3) is 0.200. The third-order valence-corrected chi connectivity index (χ3v) is 3.45. The van der Waals surface area contributed by atoms with E-state index in [1.807, 2.05) is 13.0 Å². The molecule has 0 aliphatic heterocycles. The Morgan fingerprint density at radius 1 is 1.10 bits per heavy atom. The SMILES string of the molecule is CCOc1ccc(NCc2ccc(Cl)c(Cl)c2)cc1F. The van der Waals surface area contributed by atoms with E-state index in [-0.39, 0.29) is 11.6 Å². The van der Waals surface area contributed by atoms with Crippen LogP contribution in [0.3, 0.4) is 0 Å². The Bertz CT molecular complexity index is 604. The van der Waals surface area contributed by atoms with E-state index < -0.39 is 0 Å². The first-order valence-corrected chi connectivity index (χ1v) is 6.96. The normalized spacial score (nSPS) is 10.4. The Morgan fingerprint density at radius 2 is 1.90 bits per heavy atom. The van der Waals surface area contributed by atoms with Gasteiger partial charge in [0.1, 0.15) is 0 Å². The van der Waals surface area contributed by atoms with Crippen LogP contribution in [0.1, 0.15) is 12.5 Å². The molecule has 2 aromatic carbocycles. The molecule has 0 aliphatic carbocycles. The minimum absolute atomic E-state index is 0.257. The Balaban J connectivity index is 2.03.